The molecule has 2 atom stereocenters. The molecule has 0 saturated heterocycles. The molecule has 0 aromatic heterocycles. The Morgan fingerprint density at radius 1 is 1.08 bits per heavy atom. The number of hydrogen-bond acceptors (Lipinski definition) is 2. The van der Waals surface area contributed by atoms with Gasteiger partial charge in [0.05, 0.1) is 9.81 Å². The number of halogens is 2. The Morgan fingerprint density at radius 2 is 1.38 bits per heavy atom. The van der Waals surface area contributed by atoms with Gasteiger partial charge in [-0.15, -0.1) is 0 Å². The third-order valence-corrected chi connectivity index (χ3v) is 4.20. The highest BCUT2D eigenvalue weighted by atomic mass is 32.2. The first-order chi connectivity index (χ1) is 6.00. The molecule has 0 heterocycles. The molecule has 0 spiro atoms. The summed E-state index contributed by atoms with van der Waals surface area (Å²) in [7, 11) is -3.49. The minimum absolute atomic E-state index is 0.0589. The standard InChI is InChI=1S/C8H8F2O2S/c9-5-1-7(2-5)13(11,12)8-3-6(10)4-8/h1,3,5-6H,2,4H2. The lowest BCUT2D eigenvalue weighted by atomic mass is 10.1. The molecule has 0 N–H and O–H groups in total. The van der Waals surface area contributed by atoms with Crippen molar-refractivity contribution < 1.29 is 17.2 Å². The van der Waals surface area contributed by atoms with E-state index < -0.39 is 22.2 Å². The van der Waals surface area contributed by atoms with Gasteiger partial charge in [-0.3, -0.25) is 0 Å². The topological polar surface area (TPSA) is 34.1 Å². The maximum Gasteiger partial charge on any atom is 0.198 e. The van der Waals surface area contributed by atoms with Gasteiger partial charge >= 0.3 is 0 Å². The Morgan fingerprint density at radius 3 is 1.62 bits per heavy atom. The van der Waals surface area contributed by atoms with E-state index in [2.05, 4.69) is 0 Å². The molecule has 0 aliphatic heterocycles. The lowest BCUT2D eigenvalue weighted by Gasteiger charge is -2.24. The van der Waals surface area contributed by atoms with E-state index in [0.29, 0.717) is 0 Å². The minimum atomic E-state index is -3.49. The monoisotopic (exact) mass is 206 g/mol. The number of alkyl halides is 2. The fourth-order valence-corrected chi connectivity index (χ4v) is 3.04. The van der Waals surface area contributed by atoms with E-state index in [-0.39, 0.29) is 22.7 Å². The fourth-order valence-electron chi connectivity index (χ4n) is 1.29. The SMILES string of the molecule is O=S(=O)(C1=CC(F)C1)C1=CC(F)C1. The number of rotatable bonds is 2. The molecule has 0 radical (unpaired) electrons. The van der Waals surface area contributed by atoms with Gasteiger partial charge in [0, 0.05) is 12.8 Å². The van der Waals surface area contributed by atoms with E-state index in [1.54, 1.807) is 0 Å². The van der Waals surface area contributed by atoms with Crippen LogP contribution in [0.3, 0.4) is 0 Å². The van der Waals surface area contributed by atoms with Crippen LogP contribution in [0.1, 0.15) is 12.8 Å². The van der Waals surface area contributed by atoms with Crippen molar-refractivity contribution in [3.63, 3.8) is 0 Å². The van der Waals surface area contributed by atoms with Gasteiger partial charge in [-0.1, -0.05) is 0 Å². The molecule has 0 fully saturated rings. The van der Waals surface area contributed by atoms with E-state index in [9.17, 15) is 17.2 Å². The van der Waals surface area contributed by atoms with E-state index in [4.69, 9.17) is 0 Å². The molecule has 2 unspecified atom stereocenters. The third-order valence-electron chi connectivity index (χ3n) is 2.22. The second-order valence-electron chi connectivity index (χ2n) is 3.21. The van der Waals surface area contributed by atoms with Crippen molar-refractivity contribution >= 4 is 9.84 Å². The van der Waals surface area contributed by atoms with E-state index in [1.807, 2.05) is 0 Å². The zero-order chi connectivity index (χ0) is 9.64. The maximum atomic E-state index is 12.3. The number of sulfone groups is 1. The van der Waals surface area contributed by atoms with Gasteiger partial charge in [0.1, 0.15) is 12.3 Å². The van der Waals surface area contributed by atoms with Gasteiger partial charge < -0.3 is 0 Å². The van der Waals surface area contributed by atoms with Crippen LogP contribution >= 0.6 is 0 Å². The molecular weight excluding hydrogens is 198 g/mol. The van der Waals surface area contributed by atoms with Crippen molar-refractivity contribution in [2.75, 3.05) is 0 Å². The van der Waals surface area contributed by atoms with Crippen molar-refractivity contribution in [3.8, 4) is 0 Å². The Labute approximate surface area is 74.9 Å². The average Bonchev–Trinajstić information content (AvgIpc) is 1.92. The molecule has 0 saturated carbocycles. The first kappa shape index (κ1) is 8.87. The average molecular weight is 206 g/mol. The molecule has 2 aliphatic carbocycles. The highest BCUT2D eigenvalue weighted by Gasteiger charge is 2.36. The lowest BCUT2D eigenvalue weighted by Crippen LogP contribution is -2.24. The summed E-state index contributed by atoms with van der Waals surface area (Å²) < 4.78 is 47.5. The van der Waals surface area contributed by atoms with Crippen molar-refractivity contribution in [1.29, 1.82) is 0 Å². The van der Waals surface area contributed by atoms with Crippen LogP contribution in [0.25, 0.3) is 0 Å². The van der Waals surface area contributed by atoms with Crippen LogP contribution in [0.15, 0.2) is 22.0 Å². The van der Waals surface area contributed by atoms with Gasteiger partial charge in [0.2, 0.25) is 0 Å². The summed E-state index contributed by atoms with van der Waals surface area (Å²) in [5, 5.41) is 0. The lowest BCUT2D eigenvalue weighted by molar-refractivity contribution is 0.367. The van der Waals surface area contributed by atoms with E-state index >= 15 is 0 Å². The molecule has 2 rings (SSSR count). The largest absolute Gasteiger partial charge is 0.243 e. The third kappa shape index (κ3) is 1.31. The maximum absolute atomic E-state index is 12.3. The normalized spacial score (nSPS) is 32.8. The Bertz CT molecular complexity index is 362. The van der Waals surface area contributed by atoms with Crippen LogP contribution in [0.4, 0.5) is 8.78 Å². The smallest absolute Gasteiger partial charge is 0.198 e. The zero-order valence-electron chi connectivity index (χ0n) is 6.70. The Kier molecular flexibility index (Phi) is 1.80. The molecule has 2 aliphatic rings. The summed E-state index contributed by atoms with van der Waals surface area (Å²) in [5.74, 6) is 0. The molecular formula is C8H8F2O2S. The number of hydrogen-bond donors (Lipinski definition) is 0. The fraction of sp³-hybridized carbons (Fsp3) is 0.500. The van der Waals surface area contributed by atoms with Gasteiger partial charge in [-0.05, 0) is 12.2 Å². The van der Waals surface area contributed by atoms with E-state index in [0.717, 1.165) is 12.2 Å². The molecule has 72 valence electrons. The molecule has 0 bridgehead atoms. The predicted molar refractivity (Wildman–Crippen MR) is 44.1 cm³/mol. The predicted octanol–water partition coefficient (Wildman–Crippen LogP) is 1.65. The summed E-state index contributed by atoms with van der Waals surface area (Å²) in [4.78, 5) is 0.191. The van der Waals surface area contributed by atoms with E-state index in [1.165, 1.54) is 0 Å². The molecule has 5 heteroatoms. The van der Waals surface area contributed by atoms with Gasteiger partial charge in [-0.25, -0.2) is 17.2 Å². The first-order valence-corrected chi connectivity index (χ1v) is 5.43. The highest BCUT2D eigenvalue weighted by molar-refractivity contribution is 7.99. The van der Waals surface area contributed by atoms with Crippen LogP contribution in [-0.2, 0) is 9.84 Å². The summed E-state index contributed by atoms with van der Waals surface area (Å²) in [6.45, 7) is 0. The summed E-state index contributed by atoms with van der Waals surface area (Å²) >= 11 is 0. The quantitative estimate of drug-likeness (QED) is 0.688. The second kappa shape index (κ2) is 2.64. The van der Waals surface area contributed by atoms with Crippen molar-refractivity contribution in [3.05, 3.63) is 22.0 Å². The summed E-state index contributed by atoms with van der Waals surface area (Å²) in [6, 6.07) is 0. The zero-order valence-corrected chi connectivity index (χ0v) is 7.52. The molecule has 2 nitrogen and oxygen atoms in total. The van der Waals surface area contributed by atoms with Crippen molar-refractivity contribution in [2.45, 2.75) is 25.2 Å². The van der Waals surface area contributed by atoms with Gasteiger partial charge in [0.15, 0.2) is 9.84 Å². The first-order valence-electron chi connectivity index (χ1n) is 3.95. The van der Waals surface area contributed by atoms with Crippen LogP contribution < -0.4 is 0 Å². The molecule has 0 aromatic rings. The molecule has 0 amide bonds. The van der Waals surface area contributed by atoms with Crippen LogP contribution in [0, 0.1) is 0 Å². The Balaban J connectivity index is 2.24. The van der Waals surface area contributed by atoms with Crippen LogP contribution in [0.2, 0.25) is 0 Å². The molecule has 0 aromatic carbocycles. The summed E-state index contributed by atoms with van der Waals surface area (Å²) in [5.41, 5.74) is 0. The Hall–Kier alpha value is -0.710. The second-order valence-corrected chi connectivity index (χ2v) is 5.27. The minimum Gasteiger partial charge on any atom is -0.243 e. The van der Waals surface area contributed by atoms with Gasteiger partial charge in [0.25, 0.3) is 0 Å². The highest BCUT2D eigenvalue weighted by Crippen LogP contribution is 2.37. The van der Waals surface area contributed by atoms with Crippen LogP contribution in [0.5, 0.6) is 0 Å². The molecule has 13 heavy (non-hydrogen) atoms. The van der Waals surface area contributed by atoms with Crippen molar-refractivity contribution in [2.24, 2.45) is 0 Å². The van der Waals surface area contributed by atoms with Crippen molar-refractivity contribution in [1.82, 2.24) is 0 Å². The summed E-state index contributed by atoms with van der Waals surface area (Å²) in [6.07, 6.45) is -0.269. The van der Waals surface area contributed by atoms with Gasteiger partial charge in [-0.2, -0.15) is 0 Å². The van der Waals surface area contributed by atoms with Crippen LogP contribution in [-0.4, -0.2) is 20.8 Å². The number of allylic oxidation sites excluding steroid dienone is 4.